The predicted octanol–water partition coefficient (Wildman–Crippen LogP) is 0.364. The number of amides is 2. The van der Waals surface area contributed by atoms with E-state index in [-0.39, 0.29) is 45.8 Å². The Balaban J connectivity index is 0.00000190. The van der Waals surface area contributed by atoms with Gasteiger partial charge < -0.3 is 22.5 Å². The molecule has 2 N–H and O–H groups in total. The van der Waals surface area contributed by atoms with E-state index < -0.39 is 24.0 Å². The Labute approximate surface area is 225 Å². The van der Waals surface area contributed by atoms with Gasteiger partial charge in [-0.05, 0) is 42.5 Å². The molecule has 5 rings (SSSR count). The highest BCUT2D eigenvalue weighted by molar-refractivity contribution is 7.95. The number of nitro groups is 1. The third kappa shape index (κ3) is 4.83. The van der Waals surface area contributed by atoms with E-state index in [2.05, 4.69) is 36.4 Å². The summed E-state index contributed by atoms with van der Waals surface area (Å²) in [4.78, 5) is 38.6. The lowest BCUT2D eigenvalue weighted by Crippen LogP contribution is -3.00. The molecule has 1 heterocycles. The van der Waals surface area contributed by atoms with Crippen molar-refractivity contribution in [1.82, 2.24) is 4.90 Å². The maximum Gasteiger partial charge on any atom is 0.282 e. The minimum Gasteiger partial charge on any atom is -1.00 e. The first kappa shape index (κ1) is 27.9. The van der Waals surface area contributed by atoms with E-state index in [0.717, 1.165) is 15.9 Å². The zero-order chi connectivity index (χ0) is 24.4. The van der Waals surface area contributed by atoms with E-state index >= 15 is 0 Å². The third-order valence-electron chi connectivity index (χ3n) is 6.42. The molecule has 37 heavy (non-hydrogen) atoms. The van der Waals surface area contributed by atoms with E-state index in [1.54, 1.807) is 0 Å². The van der Waals surface area contributed by atoms with Crippen LogP contribution in [0.15, 0.2) is 109 Å². The largest absolute Gasteiger partial charge is 1.00 e. The van der Waals surface area contributed by atoms with Crippen LogP contribution in [0, 0.1) is 10.1 Å². The van der Waals surface area contributed by atoms with Crippen LogP contribution in [-0.2, 0) is 0 Å². The van der Waals surface area contributed by atoms with Gasteiger partial charge in [0.2, 0.25) is 0 Å². The molecule has 0 fully saturated rings. The van der Waals surface area contributed by atoms with Gasteiger partial charge in [-0.3, -0.25) is 24.6 Å². The van der Waals surface area contributed by atoms with Crippen molar-refractivity contribution in [1.29, 1.82) is 0 Å². The van der Waals surface area contributed by atoms with Gasteiger partial charge in [0.15, 0.2) is 0 Å². The predicted molar refractivity (Wildman–Crippen MR) is 142 cm³/mol. The second-order valence-electron chi connectivity index (χ2n) is 8.26. The molecular formula is C28H24BrN2O5P. The Hall–Kier alpha value is -3.71. The van der Waals surface area contributed by atoms with Crippen LogP contribution in [0.1, 0.15) is 20.7 Å². The zero-order valence-corrected chi connectivity index (χ0v) is 22.1. The van der Waals surface area contributed by atoms with Crippen LogP contribution in [0.25, 0.3) is 0 Å². The van der Waals surface area contributed by atoms with Gasteiger partial charge in [0, 0.05) is 6.07 Å². The molecule has 0 unspecified atom stereocenters. The lowest BCUT2D eigenvalue weighted by Gasteiger charge is -2.29. The van der Waals surface area contributed by atoms with Crippen molar-refractivity contribution in [2.45, 2.75) is 0 Å². The molecule has 188 valence electrons. The van der Waals surface area contributed by atoms with Crippen molar-refractivity contribution >= 4 is 40.7 Å². The summed E-state index contributed by atoms with van der Waals surface area (Å²) in [6.07, 6.45) is 0.518. The van der Waals surface area contributed by atoms with Gasteiger partial charge >= 0.3 is 0 Å². The van der Waals surface area contributed by atoms with E-state index in [1.165, 1.54) is 23.1 Å². The van der Waals surface area contributed by atoms with Crippen LogP contribution in [0.2, 0.25) is 0 Å². The van der Waals surface area contributed by atoms with E-state index in [1.807, 2.05) is 54.6 Å². The fourth-order valence-corrected chi connectivity index (χ4v) is 9.02. The molecular weight excluding hydrogens is 555 g/mol. The molecule has 1 aliphatic heterocycles. The second-order valence-corrected chi connectivity index (χ2v) is 11.9. The molecule has 1 aliphatic rings. The summed E-state index contributed by atoms with van der Waals surface area (Å²) in [5, 5.41) is 14.9. The Morgan fingerprint density at radius 3 is 1.57 bits per heavy atom. The number of nitrogens with zero attached hydrogens (tertiary/aromatic N) is 2. The summed E-state index contributed by atoms with van der Waals surface area (Å²) in [6, 6.07) is 34.7. The highest BCUT2D eigenvalue weighted by atomic mass is 79.9. The number of fused-ring (bicyclic) bond motifs is 1. The number of nitro benzene ring substituents is 1. The van der Waals surface area contributed by atoms with Crippen molar-refractivity contribution < 1.29 is 37.0 Å². The number of carbonyl (C=O) groups is 2. The van der Waals surface area contributed by atoms with E-state index in [9.17, 15) is 19.7 Å². The van der Waals surface area contributed by atoms with E-state index in [4.69, 9.17) is 0 Å². The Bertz CT molecular complexity index is 1320. The molecule has 0 saturated carbocycles. The molecule has 4 aromatic carbocycles. The quantitative estimate of drug-likeness (QED) is 0.136. The van der Waals surface area contributed by atoms with Crippen LogP contribution in [0.3, 0.4) is 0 Å². The summed E-state index contributed by atoms with van der Waals surface area (Å²) in [5.41, 5.74) is -0.364. The highest BCUT2D eigenvalue weighted by Crippen LogP contribution is 2.55. The molecule has 0 bridgehead atoms. The number of benzene rings is 4. The molecule has 0 radical (unpaired) electrons. The molecule has 2 amide bonds. The number of hydrogen-bond acceptors (Lipinski definition) is 4. The molecule has 0 spiro atoms. The number of carbonyl (C=O) groups excluding carboxylic acids is 2. The maximum absolute atomic E-state index is 13.3. The first-order valence-electron chi connectivity index (χ1n) is 11.2. The second kappa shape index (κ2) is 11.6. The molecule has 0 saturated heterocycles. The summed E-state index contributed by atoms with van der Waals surface area (Å²) in [6.45, 7) is 0.149. The zero-order valence-electron chi connectivity index (χ0n) is 19.7. The third-order valence-corrected chi connectivity index (χ3v) is 10.8. The van der Waals surface area contributed by atoms with Gasteiger partial charge in [-0.15, -0.1) is 0 Å². The Kier molecular flexibility index (Phi) is 8.71. The first-order valence-corrected chi connectivity index (χ1v) is 13.2. The van der Waals surface area contributed by atoms with Gasteiger partial charge in [-0.25, -0.2) is 0 Å². The molecule has 0 aliphatic carbocycles. The van der Waals surface area contributed by atoms with Crippen LogP contribution in [0.4, 0.5) is 5.69 Å². The molecule has 0 atom stereocenters. The van der Waals surface area contributed by atoms with Crippen molar-refractivity contribution in [2.75, 3.05) is 12.7 Å². The SMILES string of the molecule is O.O=C1c2cccc([N+](=O)[O-])c2C(=O)N1CC[P+](c1ccccc1)(c1ccccc1)c1ccccc1.[Br-]. The standard InChI is InChI=1S/C28H22N2O4P.BrH.H2O/c31-27-24-17-10-18-25(30(33)34)26(24)28(32)29(27)19-20-35(21-11-4-1-5-12-21,22-13-6-2-7-14-22)23-15-8-3-9-16-23;;/h1-18H,19-20H2;1H;1H2/q+1;;/p-1. The smallest absolute Gasteiger partial charge is 0.282 e. The van der Waals surface area contributed by atoms with Crippen molar-refractivity contribution in [2.24, 2.45) is 0 Å². The highest BCUT2D eigenvalue weighted by Gasteiger charge is 2.48. The van der Waals surface area contributed by atoms with E-state index in [0.29, 0.717) is 6.16 Å². The van der Waals surface area contributed by atoms with Gasteiger partial charge in [0.1, 0.15) is 28.7 Å². The van der Waals surface area contributed by atoms with Gasteiger partial charge in [0.05, 0.1) is 23.2 Å². The average molecular weight is 579 g/mol. The fourth-order valence-electron chi connectivity index (χ4n) is 4.80. The normalized spacial score (nSPS) is 12.4. The van der Waals surface area contributed by atoms with Crippen molar-refractivity contribution in [3.63, 3.8) is 0 Å². The molecule has 9 heteroatoms. The van der Waals surface area contributed by atoms with Crippen LogP contribution < -0.4 is 32.9 Å². The molecule has 7 nitrogen and oxygen atoms in total. The topological polar surface area (TPSA) is 112 Å². The average Bonchev–Trinajstić information content (AvgIpc) is 3.15. The van der Waals surface area contributed by atoms with Crippen LogP contribution in [-0.4, -0.2) is 39.8 Å². The summed E-state index contributed by atoms with van der Waals surface area (Å²) < 4.78 is 0. The van der Waals surface area contributed by atoms with Crippen LogP contribution >= 0.6 is 7.26 Å². The summed E-state index contributed by atoms with van der Waals surface area (Å²) in [7, 11) is -2.27. The van der Waals surface area contributed by atoms with Gasteiger partial charge in [-0.2, -0.15) is 0 Å². The maximum atomic E-state index is 13.3. The molecule has 0 aromatic heterocycles. The van der Waals surface area contributed by atoms with Crippen LogP contribution in [0.5, 0.6) is 0 Å². The lowest BCUT2D eigenvalue weighted by atomic mass is 10.1. The van der Waals surface area contributed by atoms with Gasteiger partial charge in [-0.1, -0.05) is 60.7 Å². The first-order chi connectivity index (χ1) is 17.0. The minimum absolute atomic E-state index is 0. The van der Waals surface area contributed by atoms with Crippen molar-refractivity contribution in [3.05, 3.63) is 130 Å². The lowest BCUT2D eigenvalue weighted by molar-refractivity contribution is -0.385. The Morgan fingerprint density at radius 1 is 0.676 bits per heavy atom. The number of hydrogen-bond donors (Lipinski definition) is 0. The number of halogens is 1. The fraction of sp³-hybridized carbons (Fsp3) is 0.0714. The number of rotatable bonds is 7. The Morgan fingerprint density at radius 2 is 1.14 bits per heavy atom. The monoisotopic (exact) mass is 578 g/mol. The minimum atomic E-state index is -2.27. The summed E-state index contributed by atoms with van der Waals surface area (Å²) in [5.74, 6) is -1.09. The number of imide groups is 1. The summed E-state index contributed by atoms with van der Waals surface area (Å²) >= 11 is 0. The van der Waals surface area contributed by atoms with Crippen molar-refractivity contribution in [3.8, 4) is 0 Å². The van der Waals surface area contributed by atoms with Gasteiger partial charge in [0.25, 0.3) is 17.5 Å². The molecule has 4 aromatic rings.